The normalized spacial score (nSPS) is 25.8. The molecule has 89 heavy (non-hydrogen) atoms. The number of hydrogen-bond donors (Lipinski definition) is 18. The van der Waals surface area contributed by atoms with Gasteiger partial charge in [0.2, 0.25) is 47.3 Å². The second kappa shape index (κ2) is 35.7. The van der Waals surface area contributed by atoms with Crippen LogP contribution in [0.25, 0.3) is 10.9 Å². The number of aliphatic hydroxyl groups excluding tert-OH is 7. The van der Waals surface area contributed by atoms with Crippen LogP contribution in [0.3, 0.4) is 0 Å². The number of thioether (sulfide) groups is 1. The van der Waals surface area contributed by atoms with Crippen LogP contribution in [0.1, 0.15) is 56.2 Å². The molecule has 0 saturated carbocycles. The molecule has 0 spiro atoms. The quantitative estimate of drug-likeness (QED) is 0.0209. The van der Waals surface area contributed by atoms with Gasteiger partial charge in [0.25, 0.3) is 0 Å². The van der Waals surface area contributed by atoms with Crippen molar-refractivity contribution in [2.75, 3.05) is 37.0 Å². The first-order valence-electron chi connectivity index (χ1n) is 28.8. The van der Waals surface area contributed by atoms with Gasteiger partial charge >= 0.3 is 0 Å². The minimum atomic E-state index is -1.75. The highest BCUT2D eigenvalue weighted by molar-refractivity contribution is 14.1. The zero-order valence-electron chi connectivity index (χ0n) is 48.8. The lowest BCUT2D eigenvalue weighted by Gasteiger charge is -2.39. The fourth-order valence-electron chi connectivity index (χ4n) is 9.62. The number of halogens is 1. The third kappa shape index (κ3) is 21.4. The van der Waals surface area contributed by atoms with E-state index in [2.05, 4.69) is 47.5 Å². The summed E-state index contributed by atoms with van der Waals surface area (Å²) >= 11 is 2.81. The molecule has 2 fully saturated rings. The minimum Gasteiger partial charge on any atom is -0.507 e. The summed E-state index contributed by atoms with van der Waals surface area (Å²) in [6, 6.07) is 8.33. The number of aromatic nitrogens is 1. The van der Waals surface area contributed by atoms with Crippen molar-refractivity contribution < 1.29 is 83.9 Å². The summed E-state index contributed by atoms with van der Waals surface area (Å²) in [7, 11) is 1.84. The highest BCUT2D eigenvalue weighted by Gasteiger charge is 2.44. The van der Waals surface area contributed by atoms with Gasteiger partial charge in [0.15, 0.2) is 0 Å². The van der Waals surface area contributed by atoms with Crippen LogP contribution in [0.15, 0.2) is 79.0 Å². The third-order valence-electron chi connectivity index (χ3n) is 14.8. The molecule has 4 aromatic rings. The Kier molecular flexibility index (Phi) is 29.0. The van der Waals surface area contributed by atoms with E-state index in [0.717, 1.165) is 33.3 Å². The average molecular weight is 1410 g/mol. The Labute approximate surface area is 539 Å². The molecule has 31 heteroatoms. The molecule has 3 heterocycles. The zero-order valence-corrected chi connectivity index (χ0v) is 53.4. The van der Waals surface area contributed by atoms with Gasteiger partial charge in [0, 0.05) is 60.0 Å². The number of nitrogens with two attached hydrogens (primary N) is 1. The van der Waals surface area contributed by atoms with E-state index in [9.17, 15) is 69.6 Å². The van der Waals surface area contributed by atoms with Gasteiger partial charge < -0.3 is 98.8 Å². The van der Waals surface area contributed by atoms with Gasteiger partial charge in [0.1, 0.15) is 77.9 Å². The summed E-state index contributed by atoms with van der Waals surface area (Å²) in [6.45, 7) is 1.36. The Morgan fingerprint density at radius 1 is 0.764 bits per heavy atom. The maximum Gasteiger partial charge on any atom is 0.245 e. The number of phenols is 1. The Morgan fingerprint density at radius 3 is 2.10 bits per heavy atom. The summed E-state index contributed by atoms with van der Waals surface area (Å²) < 4.78 is 5.96. The van der Waals surface area contributed by atoms with E-state index in [0.29, 0.717) is 37.6 Å². The number of benzene rings is 3. The number of unbranched alkanes of at least 4 members (excludes halogenated alkanes) is 1. The molecule has 2 aliphatic rings. The molecule has 0 bridgehead atoms. The number of carbonyl (C=O) groups is 8. The summed E-state index contributed by atoms with van der Waals surface area (Å²) in [4.78, 5) is 119. The van der Waals surface area contributed by atoms with Gasteiger partial charge in [-0.1, -0.05) is 76.2 Å². The van der Waals surface area contributed by atoms with Gasteiger partial charge in [0.05, 0.1) is 35.0 Å². The molecule has 0 unspecified atom stereocenters. The van der Waals surface area contributed by atoms with E-state index in [1.54, 1.807) is 66.9 Å². The number of para-hydroxylation sites is 1. The van der Waals surface area contributed by atoms with Crippen molar-refractivity contribution in [1.29, 1.82) is 0 Å². The number of aromatic amines is 1. The van der Waals surface area contributed by atoms with Crippen LogP contribution in [-0.2, 0) is 62.4 Å². The Morgan fingerprint density at radius 2 is 1.43 bits per heavy atom. The van der Waals surface area contributed by atoms with E-state index in [1.165, 1.54) is 26.0 Å². The maximum absolute atomic E-state index is 15.1. The predicted octanol–water partition coefficient (Wildman–Crippen LogP) is -2.41. The Bertz CT molecular complexity index is 3030. The van der Waals surface area contributed by atoms with E-state index in [1.807, 2.05) is 22.6 Å². The van der Waals surface area contributed by atoms with Crippen LogP contribution in [0.4, 0.5) is 0 Å². The van der Waals surface area contributed by atoms with Crippen molar-refractivity contribution in [2.45, 2.75) is 149 Å². The number of amides is 8. The molecular weight excluding hydrogens is 1330 g/mol. The van der Waals surface area contributed by atoms with Gasteiger partial charge in [-0.3, -0.25) is 38.4 Å². The number of carbonyl (C=O) groups excluding carboxylic acids is 8. The third-order valence-corrected chi connectivity index (χ3v) is 19.2. The number of rotatable bonds is 23. The van der Waals surface area contributed by atoms with Crippen molar-refractivity contribution >= 4 is 114 Å². The fourth-order valence-corrected chi connectivity index (χ4v) is 13.6. The summed E-state index contributed by atoms with van der Waals surface area (Å²) in [6.07, 6.45) is -7.43. The standard InChI is InChI=1S/C58H79IN10O17S3/c1-29(72)41(25-70)66-56(84)43-28-89-88-27-42(67-52(80)38(21-31-10-4-3-5-11-31)62-46(75)17-19-87-58-50(78)49(77)48(76)45(26-71)86-58)55(83)64-39(22-32-15-16-44(74)35(59)20-32)53(81)65-40(23-33-24-61-36-13-7-6-12-34(33)36)54(82)63-37(14-8-9-18-60)51(79)69-47(30(2)73)57(85)68-43/h3-7,10-13,15-16,20,24,29-30,37-43,45,47-50,58,61,70-74,76-78H,8-9,14,17-19,21-23,25-28,60H2,1-2H3,(H,62,75)(H,63,82)(H,64,83)(H,65,81)(H,66,84)(H,67,80)(H,68,85)(H,69,79)/t29-,30-,37+,38+,39+,40-,41+,42+,43+,45+,47+,48-,49+,50+,58+/m1/s1/i59-4. The second-order valence-electron chi connectivity index (χ2n) is 21.6. The van der Waals surface area contributed by atoms with Crippen molar-refractivity contribution in [2.24, 2.45) is 5.73 Å². The number of aromatic hydroxyl groups is 1. The lowest BCUT2D eigenvalue weighted by atomic mass is 10.0. The van der Waals surface area contributed by atoms with Crippen molar-refractivity contribution in [1.82, 2.24) is 47.5 Å². The van der Waals surface area contributed by atoms with Crippen LogP contribution in [0, 0.1) is 3.57 Å². The lowest BCUT2D eigenvalue weighted by Crippen LogP contribution is -2.62. The van der Waals surface area contributed by atoms with Gasteiger partial charge in [-0.15, -0.1) is 11.8 Å². The molecule has 8 amide bonds. The topological polar surface area (TPSA) is 446 Å². The highest BCUT2D eigenvalue weighted by Crippen LogP contribution is 2.30. The van der Waals surface area contributed by atoms with E-state index < -0.39 is 151 Å². The number of aliphatic hydroxyl groups is 7. The number of phenolic OH excluding ortho intramolecular Hbond substituents is 1. The molecule has 3 aromatic carbocycles. The van der Waals surface area contributed by atoms with Crippen LogP contribution in [0.5, 0.6) is 5.75 Å². The second-order valence-corrected chi connectivity index (χ2v) is 26.5. The molecule has 6 rings (SSSR count). The number of H-pyrrole nitrogens is 1. The highest BCUT2D eigenvalue weighted by atomic mass is 123. The number of fused-ring (bicyclic) bond motifs is 1. The van der Waals surface area contributed by atoms with E-state index in [4.69, 9.17) is 10.5 Å². The Hall–Kier alpha value is -5.82. The molecule has 0 aliphatic carbocycles. The predicted molar refractivity (Wildman–Crippen MR) is 341 cm³/mol. The molecule has 15 atom stereocenters. The summed E-state index contributed by atoms with van der Waals surface area (Å²) in [5.41, 5.74) is 6.97. The average Bonchev–Trinajstić information content (AvgIpc) is 2.17. The van der Waals surface area contributed by atoms with Gasteiger partial charge in [-0.25, -0.2) is 0 Å². The first kappa shape index (κ1) is 72.2. The molecule has 2 aliphatic heterocycles. The SMILES string of the molecule is C[C@@H](O)[C@H](CO)NC(=O)[C@@H]1CSSC[C@H](NC(=O)[C@H](Cc2ccccc2)NC(=O)CCS[C@@H]2O[C@@H](CO)[C@@H](O)[C@H](O)[C@@H]2O)C(=O)N[C@@H](Cc2ccc(O)c([123I])c2)C(=O)N[C@H](Cc2c[nH]c3ccccc23)C(=O)N[C@@H](CCCCN)C(=O)N[C@@H]([C@@H](C)O)C(=O)N1. The minimum absolute atomic E-state index is 0.0379. The van der Waals surface area contributed by atoms with Crippen LogP contribution in [-0.4, -0.2) is 221 Å². The van der Waals surface area contributed by atoms with Crippen molar-refractivity contribution in [3.05, 3.63) is 99.3 Å². The first-order chi connectivity index (χ1) is 42.5. The Balaban J connectivity index is 1.39. The van der Waals surface area contributed by atoms with E-state index in [-0.39, 0.29) is 68.1 Å². The van der Waals surface area contributed by atoms with Crippen LogP contribution >= 0.6 is 55.9 Å². The lowest BCUT2D eigenvalue weighted by molar-refractivity contribution is -0.205. The molecule has 488 valence electrons. The van der Waals surface area contributed by atoms with Crippen molar-refractivity contribution in [3.8, 4) is 5.75 Å². The molecule has 2 saturated heterocycles. The number of hydrogen-bond acceptors (Lipinski definition) is 21. The maximum atomic E-state index is 15.1. The van der Waals surface area contributed by atoms with Crippen LogP contribution < -0.4 is 48.3 Å². The largest absolute Gasteiger partial charge is 0.507 e. The molecular formula is C58H79IN10O17S3. The molecule has 1 aromatic heterocycles. The van der Waals surface area contributed by atoms with Crippen molar-refractivity contribution in [3.63, 3.8) is 0 Å². The number of ether oxygens (including phenoxy) is 1. The summed E-state index contributed by atoms with van der Waals surface area (Å²) in [5, 5.41) is 105. The summed E-state index contributed by atoms with van der Waals surface area (Å²) in [5.74, 6) is -7.93. The number of nitrogens with one attached hydrogen (secondary N) is 9. The smallest absolute Gasteiger partial charge is 0.245 e. The van der Waals surface area contributed by atoms with Gasteiger partial charge in [-0.2, -0.15) is 0 Å². The first-order valence-corrected chi connectivity index (χ1v) is 33.5. The molecule has 27 nitrogen and oxygen atoms in total. The van der Waals surface area contributed by atoms with Gasteiger partial charge in [-0.05, 0) is 97.1 Å². The van der Waals surface area contributed by atoms with Crippen LogP contribution in [0.2, 0.25) is 0 Å². The van der Waals surface area contributed by atoms with E-state index >= 15 is 9.59 Å². The zero-order chi connectivity index (χ0) is 64.9. The fraction of sp³-hybridized carbons (Fsp3) is 0.517. The molecule has 19 N–H and O–H groups in total. The molecule has 0 radical (unpaired) electrons. The monoisotopic (exact) mass is 1410 g/mol.